The molecule has 0 amide bonds. The zero-order valence-electron chi connectivity index (χ0n) is 10.2. The van der Waals surface area contributed by atoms with E-state index in [0.29, 0.717) is 4.96 Å². The van der Waals surface area contributed by atoms with Gasteiger partial charge in [-0.25, -0.2) is 4.98 Å². The number of thioether (sulfide) groups is 1. The van der Waals surface area contributed by atoms with Gasteiger partial charge in [-0.05, 0) is 5.56 Å². The summed E-state index contributed by atoms with van der Waals surface area (Å²) in [5.41, 5.74) is 0.780. The van der Waals surface area contributed by atoms with Gasteiger partial charge in [0.1, 0.15) is 11.6 Å². The zero-order chi connectivity index (χ0) is 13.9. The van der Waals surface area contributed by atoms with Gasteiger partial charge in [-0.3, -0.25) is 4.79 Å². The molecule has 0 saturated heterocycles. The van der Waals surface area contributed by atoms with Crippen LogP contribution in [0, 0.1) is 11.3 Å². The Kier molecular flexibility index (Phi) is 3.50. The Balaban J connectivity index is 1.89. The highest BCUT2D eigenvalue weighted by molar-refractivity contribution is 8.00. The first-order valence-electron chi connectivity index (χ1n) is 5.73. The molecule has 0 atom stereocenters. The summed E-state index contributed by atoms with van der Waals surface area (Å²) in [5.74, 6) is 0.778. The molecule has 0 N–H and O–H groups in total. The fourth-order valence-corrected chi connectivity index (χ4v) is 3.48. The van der Waals surface area contributed by atoms with Gasteiger partial charge >= 0.3 is 0 Å². The second-order valence-electron chi connectivity index (χ2n) is 3.93. The number of aromatic nitrogens is 3. The third-order valence-corrected chi connectivity index (χ3v) is 4.72. The summed E-state index contributed by atoms with van der Waals surface area (Å²) >= 11 is 2.89. The summed E-state index contributed by atoms with van der Waals surface area (Å²) in [6.07, 6.45) is 1.29. The predicted octanol–water partition coefficient (Wildman–Crippen LogP) is 2.31. The van der Waals surface area contributed by atoms with Crippen molar-refractivity contribution in [1.29, 1.82) is 5.26 Å². The molecule has 2 aromatic heterocycles. The van der Waals surface area contributed by atoms with E-state index in [2.05, 4.69) is 10.1 Å². The van der Waals surface area contributed by atoms with Gasteiger partial charge < -0.3 is 0 Å². The number of hydrogen-bond acceptors (Lipinski definition) is 6. The number of fused-ring (bicyclic) bond motifs is 1. The van der Waals surface area contributed by atoms with Crippen molar-refractivity contribution in [3.8, 4) is 6.07 Å². The molecule has 0 unspecified atom stereocenters. The Morgan fingerprint density at radius 1 is 1.35 bits per heavy atom. The number of rotatable bonds is 3. The molecular weight excluding hydrogens is 292 g/mol. The van der Waals surface area contributed by atoms with Crippen molar-refractivity contribution in [3.63, 3.8) is 0 Å². The van der Waals surface area contributed by atoms with E-state index >= 15 is 0 Å². The summed E-state index contributed by atoms with van der Waals surface area (Å²) in [6.45, 7) is 0. The summed E-state index contributed by atoms with van der Waals surface area (Å²) in [5, 5.41) is 13.0. The highest BCUT2D eigenvalue weighted by atomic mass is 32.2. The van der Waals surface area contributed by atoms with E-state index in [9.17, 15) is 4.79 Å². The normalized spacial score (nSPS) is 10.6. The molecular formula is C13H8N4OS2. The Hall–Kier alpha value is -2.17. The van der Waals surface area contributed by atoms with Gasteiger partial charge in [-0.1, -0.05) is 53.4 Å². The first kappa shape index (κ1) is 12.8. The van der Waals surface area contributed by atoms with Crippen LogP contribution in [0.1, 0.15) is 11.1 Å². The van der Waals surface area contributed by atoms with Crippen LogP contribution in [0.5, 0.6) is 0 Å². The van der Waals surface area contributed by atoms with Crippen molar-refractivity contribution in [2.24, 2.45) is 0 Å². The molecule has 20 heavy (non-hydrogen) atoms. The Labute approximate surface area is 122 Å². The third kappa shape index (κ3) is 2.43. The second-order valence-corrected chi connectivity index (χ2v) is 6.10. The number of benzene rings is 1. The summed E-state index contributed by atoms with van der Waals surface area (Å²) in [6, 6.07) is 11.8. The molecule has 1 aromatic carbocycles. The molecule has 0 bridgehead atoms. The molecule has 0 saturated carbocycles. The van der Waals surface area contributed by atoms with Crippen LogP contribution in [-0.4, -0.2) is 14.6 Å². The van der Waals surface area contributed by atoms with Crippen LogP contribution < -0.4 is 5.56 Å². The fourth-order valence-electron chi connectivity index (χ4n) is 1.62. The lowest BCUT2D eigenvalue weighted by molar-refractivity contribution is 0.853. The maximum Gasteiger partial charge on any atom is 0.293 e. The maximum atomic E-state index is 11.9. The fraction of sp³-hybridized carbons (Fsp3) is 0.0769. The average Bonchev–Trinajstić information content (AvgIpc) is 2.91. The second kappa shape index (κ2) is 5.45. The molecule has 0 aliphatic heterocycles. The minimum Gasteiger partial charge on any atom is -0.266 e. The van der Waals surface area contributed by atoms with E-state index < -0.39 is 5.56 Å². The van der Waals surface area contributed by atoms with Crippen LogP contribution in [0.3, 0.4) is 0 Å². The minimum atomic E-state index is -0.416. The van der Waals surface area contributed by atoms with E-state index in [1.165, 1.54) is 27.6 Å². The van der Waals surface area contributed by atoms with Crippen molar-refractivity contribution >= 4 is 28.1 Å². The van der Waals surface area contributed by atoms with Crippen molar-refractivity contribution in [2.75, 3.05) is 0 Å². The van der Waals surface area contributed by atoms with Crippen LogP contribution in [0.25, 0.3) is 4.96 Å². The van der Waals surface area contributed by atoms with Gasteiger partial charge in [-0.2, -0.15) is 9.78 Å². The average molecular weight is 300 g/mol. The number of nitrogens with zero attached hydrogens (tertiary/aromatic N) is 4. The van der Waals surface area contributed by atoms with Gasteiger partial charge in [0, 0.05) is 5.75 Å². The van der Waals surface area contributed by atoms with Gasteiger partial charge in [0.05, 0.1) is 6.20 Å². The molecule has 0 aliphatic rings. The van der Waals surface area contributed by atoms with E-state index in [1.807, 2.05) is 36.4 Å². The molecule has 0 spiro atoms. The minimum absolute atomic E-state index is 0.00686. The quantitative estimate of drug-likeness (QED) is 0.694. The molecule has 2 heterocycles. The highest BCUT2D eigenvalue weighted by Crippen LogP contribution is 2.26. The lowest BCUT2D eigenvalue weighted by Crippen LogP contribution is -2.17. The topological polar surface area (TPSA) is 71.1 Å². The van der Waals surface area contributed by atoms with E-state index in [0.717, 1.165) is 10.1 Å². The molecule has 3 rings (SSSR count). The largest absolute Gasteiger partial charge is 0.293 e. The predicted molar refractivity (Wildman–Crippen MR) is 77.9 cm³/mol. The lowest BCUT2D eigenvalue weighted by atomic mass is 10.2. The first-order chi connectivity index (χ1) is 9.78. The Morgan fingerprint density at radius 2 is 2.15 bits per heavy atom. The smallest absolute Gasteiger partial charge is 0.266 e. The van der Waals surface area contributed by atoms with Gasteiger partial charge in [-0.15, -0.1) is 5.10 Å². The third-order valence-electron chi connectivity index (χ3n) is 2.59. The van der Waals surface area contributed by atoms with E-state index in [4.69, 9.17) is 5.26 Å². The standard InChI is InChI=1S/C13H8N4OS2/c14-6-10-7-15-12-17(11(10)18)16-13(20-12)19-8-9-4-2-1-3-5-9/h1-5,7H,8H2. The number of nitriles is 1. The van der Waals surface area contributed by atoms with Crippen LogP contribution in [-0.2, 0) is 5.75 Å². The van der Waals surface area contributed by atoms with Crippen molar-refractivity contribution in [1.82, 2.24) is 14.6 Å². The van der Waals surface area contributed by atoms with Crippen molar-refractivity contribution < 1.29 is 0 Å². The lowest BCUT2D eigenvalue weighted by Gasteiger charge is -1.96. The van der Waals surface area contributed by atoms with Crippen molar-refractivity contribution in [2.45, 2.75) is 10.1 Å². The summed E-state index contributed by atoms with van der Waals surface area (Å²) in [7, 11) is 0. The van der Waals surface area contributed by atoms with Gasteiger partial charge in [0.15, 0.2) is 4.34 Å². The molecule has 0 radical (unpaired) electrons. The molecule has 98 valence electrons. The van der Waals surface area contributed by atoms with Gasteiger partial charge in [0.2, 0.25) is 4.96 Å². The van der Waals surface area contributed by atoms with Crippen LogP contribution in [0.15, 0.2) is 45.7 Å². The molecule has 0 aliphatic carbocycles. The van der Waals surface area contributed by atoms with Crippen LogP contribution in [0.4, 0.5) is 0 Å². The monoisotopic (exact) mass is 300 g/mol. The van der Waals surface area contributed by atoms with Crippen molar-refractivity contribution in [3.05, 3.63) is 58.0 Å². The van der Waals surface area contributed by atoms with Crippen LogP contribution >= 0.6 is 23.1 Å². The molecule has 5 nitrogen and oxygen atoms in total. The summed E-state index contributed by atoms with van der Waals surface area (Å²) < 4.78 is 1.95. The zero-order valence-corrected chi connectivity index (χ0v) is 11.8. The first-order valence-corrected chi connectivity index (χ1v) is 7.54. The van der Waals surface area contributed by atoms with Gasteiger partial charge in [0.25, 0.3) is 5.56 Å². The summed E-state index contributed by atoms with van der Waals surface area (Å²) in [4.78, 5) is 16.5. The van der Waals surface area contributed by atoms with E-state index in [-0.39, 0.29) is 5.56 Å². The molecule has 3 aromatic rings. The number of hydrogen-bond donors (Lipinski definition) is 0. The van der Waals surface area contributed by atoms with Crippen LogP contribution in [0.2, 0.25) is 0 Å². The Bertz CT molecular complexity index is 848. The molecule has 7 heteroatoms. The SMILES string of the molecule is N#Cc1cnc2sc(SCc3ccccc3)nn2c1=O. The maximum absolute atomic E-state index is 11.9. The molecule has 0 fully saturated rings. The highest BCUT2D eigenvalue weighted by Gasteiger charge is 2.10. The Morgan fingerprint density at radius 3 is 2.90 bits per heavy atom. The van der Waals surface area contributed by atoms with E-state index in [1.54, 1.807) is 11.8 Å².